The molecule has 1 saturated heterocycles. The first-order valence-corrected chi connectivity index (χ1v) is 9.48. The number of nitrogens with zero attached hydrogens (tertiary/aromatic N) is 1. The Labute approximate surface area is 152 Å². The minimum atomic E-state index is -0.0321. The zero-order chi connectivity index (χ0) is 17.8. The van der Waals surface area contributed by atoms with Crippen LogP contribution >= 0.6 is 11.8 Å². The fourth-order valence-corrected chi connectivity index (χ4v) is 4.03. The number of carbonyl (C=O) groups excluding carboxylic acids is 2. The van der Waals surface area contributed by atoms with E-state index in [-0.39, 0.29) is 17.2 Å². The first-order valence-electron chi connectivity index (χ1n) is 8.43. The highest BCUT2D eigenvalue weighted by Gasteiger charge is 2.33. The number of hydrogen-bond donors (Lipinski definition) is 1. The van der Waals surface area contributed by atoms with Crippen molar-refractivity contribution in [1.82, 2.24) is 0 Å². The number of thioether (sulfide) groups is 1. The second kappa shape index (κ2) is 7.74. The normalized spacial score (nSPS) is 17.2. The largest absolute Gasteiger partial charge is 0.326 e. The molecule has 0 spiro atoms. The summed E-state index contributed by atoms with van der Waals surface area (Å²) in [5.41, 5.74) is 2.76. The molecule has 0 aromatic heterocycles. The van der Waals surface area contributed by atoms with Gasteiger partial charge in [-0.1, -0.05) is 44.2 Å². The molecule has 2 aromatic rings. The Hall–Kier alpha value is -2.27. The molecule has 1 N–H and O–H groups in total. The van der Waals surface area contributed by atoms with E-state index in [0.717, 1.165) is 16.9 Å². The van der Waals surface area contributed by atoms with Gasteiger partial charge < -0.3 is 5.32 Å². The van der Waals surface area contributed by atoms with E-state index in [9.17, 15) is 9.59 Å². The van der Waals surface area contributed by atoms with Crippen molar-refractivity contribution < 1.29 is 9.59 Å². The van der Waals surface area contributed by atoms with Crippen LogP contribution in [0.15, 0.2) is 54.6 Å². The monoisotopic (exact) mass is 354 g/mol. The SMILES string of the molecule is CC(C)CC(=O)Nc1ccc([C@@H]2SCC(=O)N2c2ccccc2)cc1. The molecule has 25 heavy (non-hydrogen) atoms. The van der Waals surface area contributed by atoms with E-state index < -0.39 is 0 Å². The van der Waals surface area contributed by atoms with Gasteiger partial charge in [0.15, 0.2) is 0 Å². The number of rotatable bonds is 5. The zero-order valence-electron chi connectivity index (χ0n) is 14.4. The van der Waals surface area contributed by atoms with Crippen LogP contribution in [-0.4, -0.2) is 17.6 Å². The lowest BCUT2D eigenvalue weighted by molar-refractivity contribution is -0.117. The average Bonchev–Trinajstić information content (AvgIpc) is 2.97. The Balaban J connectivity index is 1.75. The van der Waals surface area contributed by atoms with E-state index in [1.54, 1.807) is 11.8 Å². The molecule has 130 valence electrons. The van der Waals surface area contributed by atoms with Crippen LogP contribution in [0.5, 0.6) is 0 Å². The van der Waals surface area contributed by atoms with E-state index in [0.29, 0.717) is 18.1 Å². The van der Waals surface area contributed by atoms with Crippen molar-refractivity contribution in [1.29, 1.82) is 0 Å². The molecule has 0 aliphatic carbocycles. The van der Waals surface area contributed by atoms with Gasteiger partial charge in [-0.2, -0.15) is 0 Å². The fourth-order valence-electron chi connectivity index (χ4n) is 2.85. The maximum atomic E-state index is 12.3. The lowest BCUT2D eigenvalue weighted by Gasteiger charge is -2.24. The molecule has 0 bridgehead atoms. The Morgan fingerprint density at radius 1 is 1.16 bits per heavy atom. The Morgan fingerprint density at radius 3 is 2.48 bits per heavy atom. The van der Waals surface area contributed by atoms with Crippen molar-refractivity contribution in [3.8, 4) is 0 Å². The summed E-state index contributed by atoms with van der Waals surface area (Å²) in [7, 11) is 0. The van der Waals surface area contributed by atoms with Crippen LogP contribution in [0.4, 0.5) is 11.4 Å². The van der Waals surface area contributed by atoms with Crippen LogP contribution in [0.25, 0.3) is 0 Å². The number of anilines is 2. The maximum Gasteiger partial charge on any atom is 0.238 e. The quantitative estimate of drug-likeness (QED) is 0.863. The summed E-state index contributed by atoms with van der Waals surface area (Å²) in [5, 5.41) is 2.88. The zero-order valence-corrected chi connectivity index (χ0v) is 15.3. The van der Waals surface area contributed by atoms with Gasteiger partial charge >= 0.3 is 0 Å². The molecule has 2 aromatic carbocycles. The first kappa shape index (κ1) is 17.5. The summed E-state index contributed by atoms with van der Waals surface area (Å²) in [5.74, 6) is 0.959. The molecule has 3 rings (SSSR count). The number of benzene rings is 2. The summed E-state index contributed by atoms with van der Waals surface area (Å²) in [6, 6.07) is 17.5. The second-order valence-corrected chi connectivity index (χ2v) is 7.60. The maximum absolute atomic E-state index is 12.3. The molecule has 4 nitrogen and oxygen atoms in total. The molecule has 0 radical (unpaired) electrons. The predicted molar refractivity (Wildman–Crippen MR) is 104 cm³/mol. The minimum Gasteiger partial charge on any atom is -0.326 e. The van der Waals surface area contributed by atoms with E-state index >= 15 is 0 Å². The topological polar surface area (TPSA) is 49.4 Å². The van der Waals surface area contributed by atoms with Crippen LogP contribution in [0.1, 0.15) is 31.2 Å². The van der Waals surface area contributed by atoms with Crippen molar-refractivity contribution in [2.45, 2.75) is 25.6 Å². The predicted octanol–water partition coefficient (Wildman–Crippen LogP) is 4.45. The number of hydrogen-bond acceptors (Lipinski definition) is 3. The van der Waals surface area contributed by atoms with Crippen molar-refractivity contribution in [2.75, 3.05) is 16.0 Å². The van der Waals surface area contributed by atoms with Gasteiger partial charge in [0.25, 0.3) is 0 Å². The molecular weight excluding hydrogens is 332 g/mol. The van der Waals surface area contributed by atoms with Crippen LogP contribution in [-0.2, 0) is 9.59 Å². The molecule has 1 atom stereocenters. The molecular formula is C20H22N2O2S. The highest BCUT2D eigenvalue weighted by Crippen LogP contribution is 2.41. The molecule has 0 unspecified atom stereocenters. The third-order valence-electron chi connectivity index (χ3n) is 3.98. The van der Waals surface area contributed by atoms with Crippen LogP contribution < -0.4 is 10.2 Å². The Bertz CT molecular complexity index is 744. The van der Waals surface area contributed by atoms with E-state index in [4.69, 9.17) is 0 Å². The minimum absolute atomic E-state index is 0.0269. The highest BCUT2D eigenvalue weighted by atomic mass is 32.2. The summed E-state index contributed by atoms with van der Waals surface area (Å²) in [4.78, 5) is 26.0. The molecule has 2 amide bonds. The average molecular weight is 354 g/mol. The van der Waals surface area contributed by atoms with Gasteiger partial charge in [-0.05, 0) is 35.7 Å². The van der Waals surface area contributed by atoms with Crippen molar-refractivity contribution >= 4 is 35.0 Å². The molecule has 1 fully saturated rings. The van der Waals surface area contributed by atoms with E-state index in [1.165, 1.54) is 0 Å². The number of carbonyl (C=O) groups is 2. The van der Waals surface area contributed by atoms with Gasteiger partial charge in [0.1, 0.15) is 5.37 Å². The molecule has 0 saturated carbocycles. The second-order valence-electron chi connectivity index (χ2n) is 6.53. The Morgan fingerprint density at radius 2 is 1.84 bits per heavy atom. The van der Waals surface area contributed by atoms with Gasteiger partial charge in [-0.15, -0.1) is 11.8 Å². The standard InChI is InChI=1S/C20H22N2O2S/c1-14(2)12-18(23)21-16-10-8-15(9-11-16)20-22(19(24)13-25-20)17-6-4-3-5-7-17/h3-11,14,20H,12-13H2,1-2H3,(H,21,23)/t20-/m0/s1. The van der Waals surface area contributed by atoms with Crippen LogP contribution in [0.2, 0.25) is 0 Å². The van der Waals surface area contributed by atoms with Gasteiger partial charge in [0.05, 0.1) is 5.75 Å². The molecule has 1 aliphatic rings. The van der Waals surface area contributed by atoms with Gasteiger partial charge in [0.2, 0.25) is 11.8 Å². The third kappa shape index (κ3) is 4.23. The van der Waals surface area contributed by atoms with Gasteiger partial charge in [-0.3, -0.25) is 14.5 Å². The van der Waals surface area contributed by atoms with E-state index in [1.807, 2.05) is 73.3 Å². The third-order valence-corrected chi connectivity index (χ3v) is 5.19. The van der Waals surface area contributed by atoms with Crippen molar-refractivity contribution in [3.63, 3.8) is 0 Å². The van der Waals surface area contributed by atoms with Gasteiger partial charge in [-0.25, -0.2) is 0 Å². The summed E-state index contributed by atoms with van der Waals surface area (Å²) >= 11 is 1.62. The smallest absolute Gasteiger partial charge is 0.238 e. The van der Waals surface area contributed by atoms with Crippen molar-refractivity contribution in [3.05, 3.63) is 60.2 Å². The Kier molecular flexibility index (Phi) is 5.43. The fraction of sp³-hybridized carbons (Fsp3) is 0.300. The van der Waals surface area contributed by atoms with E-state index in [2.05, 4.69) is 5.32 Å². The van der Waals surface area contributed by atoms with Gasteiger partial charge in [0, 0.05) is 17.8 Å². The number of amides is 2. The number of para-hydroxylation sites is 1. The van der Waals surface area contributed by atoms with Crippen molar-refractivity contribution in [2.24, 2.45) is 5.92 Å². The number of nitrogens with one attached hydrogen (secondary N) is 1. The molecule has 1 heterocycles. The first-order chi connectivity index (χ1) is 12.0. The summed E-state index contributed by atoms with van der Waals surface area (Å²) < 4.78 is 0. The van der Waals surface area contributed by atoms with Crippen LogP contribution in [0.3, 0.4) is 0 Å². The molecule has 1 aliphatic heterocycles. The summed E-state index contributed by atoms with van der Waals surface area (Å²) in [6.45, 7) is 4.05. The van der Waals surface area contributed by atoms with Crippen LogP contribution in [0, 0.1) is 5.92 Å². The summed E-state index contributed by atoms with van der Waals surface area (Å²) in [6.07, 6.45) is 0.510. The lowest BCUT2D eigenvalue weighted by Crippen LogP contribution is -2.27. The highest BCUT2D eigenvalue weighted by molar-refractivity contribution is 8.00. The molecule has 5 heteroatoms. The lowest BCUT2D eigenvalue weighted by atomic mass is 10.1.